The summed E-state index contributed by atoms with van der Waals surface area (Å²) in [7, 11) is 0. The average molecular weight is 327 g/mol. The van der Waals surface area contributed by atoms with Crippen molar-refractivity contribution in [2.75, 3.05) is 11.9 Å². The highest BCUT2D eigenvalue weighted by molar-refractivity contribution is 5.98. The summed E-state index contributed by atoms with van der Waals surface area (Å²) >= 11 is 0. The smallest absolute Gasteiger partial charge is 0.277 e. The van der Waals surface area contributed by atoms with Gasteiger partial charge in [-0.3, -0.25) is 9.78 Å². The Morgan fingerprint density at radius 3 is 2.83 bits per heavy atom. The molecule has 0 unspecified atom stereocenters. The maximum absolute atomic E-state index is 12.4. The van der Waals surface area contributed by atoms with Gasteiger partial charge in [0.25, 0.3) is 5.91 Å². The van der Waals surface area contributed by atoms with Crippen molar-refractivity contribution in [1.29, 1.82) is 0 Å². The normalized spacial score (nSPS) is 17.2. The van der Waals surface area contributed by atoms with Crippen LogP contribution in [0.15, 0.2) is 48.8 Å². The number of hydrogen-bond acceptors (Lipinski definition) is 5. The molecule has 0 radical (unpaired) electrons. The monoisotopic (exact) mass is 327 g/mol. The first-order chi connectivity index (χ1) is 11.8. The minimum Gasteiger partial charge on any atom is -0.380 e. The molecule has 2 heterocycles. The fourth-order valence-electron chi connectivity index (χ4n) is 2.51. The van der Waals surface area contributed by atoms with Gasteiger partial charge in [0.2, 0.25) is 0 Å². The number of hydroxylamine groups is 1. The zero-order valence-corrected chi connectivity index (χ0v) is 13.4. The largest absolute Gasteiger partial charge is 0.380 e. The molecule has 1 amide bonds. The van der Waals surface area contributed by atoms with Crippen molar-refractivity contribution in [3.8, 4) is 0 Å². The summed E-state index contributed by atoms with van der Waals surface area (Å²) in [5.74, 6) is -0.290. The second-order valence-corrected chi connectivity index (χ2v) is 5.60. The third-order valence-corrected chi connectivity index (χ3v) is 3.82. The van der Waals surface area contributed by atoms with Crippen molar-refractivity contribution in [3.05, 3.63) is 59.9 Å². The average Bonchev–Trinajstić information content (AvgIpc) is 2.66. The molecule has 0 bridgehead atoms. The third-order valence-electron chi connectivity index (χ3n) is 3.82. The van der Waals surface area contributed by atoms with Crippen molar-refractivity contribution < 1.29 is 14.4 Å². The summed E-state index contributed by atoms with van der Waals surface area (Å²) in [6.07, 6.45) is 6.00. The topological polar surface area (TPSA) is 72.5 Å². The minimum absolute atomic E-state index is 0.290. The predicted molar refractivity (Wildman–Crippen MR) is 90.1 cm³/mol. The molecule has 3 rings (SSSR count). The summed E-state index contributed by atoms with van der Waals surface area (Å²) in [5, 5.41) is 3.27. The Kier molecular flexibility index (Phi) is 5.76. The second-order valence-electron chi connectivity index (χ2n) is 5.60. The number of nitrogens with zero attached hydrogens (tertiary/aromatic N) is 1. The third kappa shape index (κ3) is 4.53. The Labute approximate surface area is 141 Å². The number of amides is 1. The van der Waals surface area contributed by atoms with E-state index in [2.05, 4.69) is 15.8 Å². The number of hydrogen-bond donors (Lipinski definition) is 2. The van der Waals surface area contributed by atoms with E-state index >= 15 is 0 Å². The van der Waals surface area contributed by atoms with Crippen LogP contribution < -0.4 is 10.8 Å². The van der Waals surface area contributed by atoms with Crippen LogP contribution in [-0.4, -0.2) is 23.8 Å². The summed E-state index contributed by atoms with van der Waals surface area (Å²) in [6.45, 7) is 1.28. The number of carbonyl (C=O) groups is 1. The van der Waals surface area contributed by atoms with E-state index in [0.717, 1.165) is 30.5 Å². The number of benzene rings is 1. The van der Waals surface area contributed by atoms with Gasteiger partial charge in [-0.15, -0.1) is 0 Å². The molecule has 6 heteroatoms. The highest BCUT2D eigenvalue weighted by Gasteiger charge is 2.17. The molecule has 1 aliphatic rings. The molecule has 0 saturated carbocycles. The van der Waals surface area contributed by atoms with Gasteiger partial charge < -0.3 is 10.1 Å². The number of rotatable bonds is 6. The molecule has 126 valence electrons. The van der Waals surface area contributed by atoms with Crippen LogP contribution in [0.1, 0.15) is 35.2 Å². The zero-order valence-electron chi connectivity index (χ0n) is 13.4. The summed E-state index contributed by atoms with van der Waals surface area (Å²) < 4.78 is 5.44. The molecule has 0 aliphatic carbocycles. The number of aromatic nitrogens is 1. The highest BCUT2D eigenvalue weighted by Crippen LogP contribution is 2.17. The van der Waals surface area contributed by atoms with Gasteiger partial charge in [0.05, 0.1) is 5.56 Å². The van der Waals surface area contributed by atoms with Gasteiger partial charge in [-0.1, -0.05) is 12.1 Å². The van der Waals surface area contributed by atoms with Gasteiger partial charge in [0.15, 0.2) is 6.29 Å². The van der Waals surface area contributed by atoms with E-state index in [9.17, 15) is 4.79 Å². The lowest BCUT2D eigenvalue weighted by molar-refractivity contribution is -0.186. The molecule has 24 heavy (non-hydrogen) atoms. The molecule has 2 N–H and O–H groups in total. The number of para-hydroxylation sites is 1. The summed E-state index contributed by atoms with van der Waals surface area (Å²) in [4.78, 5) is 21.7. The van der Waals surface area contributed by atoms with Crippen LogP contribution in [0.2, 0.25) is 0 Å². The van der Waals surface area contributed by atoms with Crippen molar-refractivity contribution >= 4 is 11.6 Å². The molecule has 1 aromatic carbocycles. The van der Waals surface area contributed by atoms with Crippen LogP contribution in [0.3, 0.4) is 0 Å². The fraction of sp³-hybridized carbons (Fsp3) is 0.333. The van der Waals surface area contributed by atoms with Gasteiger partial charge in [-0.05, 0) is 42.7 Å². The Morgan fingerprint density at radius 2 is 2.04 bits per heavy atom. The van der Waals surface area contributed by atoms with E-state index in [4.69, 9.17) is 9.57 Å². The number of nitrogens with one attached hydrogen (secondary N) is 2. The van der Waals surface area contributed by atoms with Gasteiger partial charge in [0.1, 0.15) is 0 Å². The Morgan fingerprint density at radius 1 is 1.21 bits per heavy atom. The van der Waals surface area contributed by atoms with Crippen LogP contribution in [0.25, 0.3) is 0 Å². The first-order valence-electron chi connectivity index (χ1n) is 8.12. The Balaban J connectivity index is 1.59. The van der Waals surface area contributed by atoms with Crippen molar-refractivity contribution in [3.63, 3.8) is 0 Å². The molecular formula is C18H21N3O3. The highest BCUT2D eigenvalue weighted by atomic mass is 16.8. The van der Waals surface area contributed by atoms with Gasteiger partial charge >= 0.3 is 0 Å². The first kappa shape index (κ1) is 16.4. The van der Waals surface area contributed by atoms with E-state index in [1.54, 1.807) is 18.5 Å². The standard InChI is InChI=1S/C18H21N3O3/c22-18(21-24-17-7-3-4-12-23-17)15-5-1-2-6-16(15)20-13-14-8-10-19-11-9-14/h1-2,5-6,8-11,17,20H,3-4,7,12-13H2,(H,21,22)/t17-/m1/s1. The second kappa shape index (κ2) is 8.42. The Bertz CT molecular complexity index is 658. The fourth-order valence-corrected chi connectivity index (χ4v) is 2.51. The zero-order chi connectivity index (χ0) is 16.6. The van der Waals surface area contributed by atoms with Crippen LogP contribution in [0.5, 0.6) is 0 Å². The molecule has 1 aliphatic heterocycles. The van der Waals surface area contributed by atoms with Gasteiger partial charge in [0, 0.05) is 37.7 Å². The predicted octanol–water partition coefficient (Wildman–Crippen LogP) is 2.88. The van der Waals surface area contributed by atoms with E-state index in [1.165, 1.54) is 0 Å². The SMILES string of the molecule is O=C(NO[C@@H]1CCCCO1)c1ccccc1NCc1ccncc1. The maximum Gasteiger partial charge on any atom is 0.277 e. The van der Waals surface area contributed by atoms with E-state index in [0.29, 0.717) is 18.7 Å². The van der Waals surface area contributed by atoms with Crippen LogP contribution in [0.4, 0.5) is 5.69 Å². The molecule has 1 saturated heterocycles. The van der Waals surface area contributed by atoms with Crippen LogP contribution in [-0.2, 0) is 16.1 Å². The number of pyridine rings is 1. The summed E-state index contributed by atoms with van der Waals surface area (Å²) in [5.41, 5.74) is 4.86. The van der Waals surface area contributed by atoms with Gasteiger partial charge in [-0.25, -0.2) is 10.3 Å². The molecule has 2 aromatic rings. The quantitative estimate of drug-likeness (QED) is 0.798. The van der Waals surface area contributed by atoms with E-state index < -0.39 is 0 Å². The lowest BCUT2D eigenvalue weighted by atomic mass is 10.1. The van der Waals surface area contributed by atoms with Crippen molar-refractivity contribution in [1.82, 2.24) is 10.5 Å². The van der Waals surface area contributed by atoms with Gasteiger partial charge in [-0.2, -0.15) is 0 Å². The maximum atomic E-state index is 12.4. The lowest BCUT2D eigenvalue weighted by Crippen LogP contribution is -2.33. The van der Waals surface area contributed by atoms with E-state index in [-0.39, 0.29) is 12.2 Å². The number of ether oxygens (including phenoxy) is 1. The van der Waals surface area contributed by atoms with Crippen molar-refractivity contribution in [2.45, 2.75) is 32.1 Å². The summed E-state index contributed by atoms with van der Waals surface area (Å²) in [6, 6.07) is 11.2. The number of carbonyl (C=O) groups excluding carboxylic acids is 1. The molecule has 1 fully saturated rings. The molecule has 1 atom stereocenters. The number of anilines is 1. The molecule has 1 aromatic heterocycles. The van der Waals surface area contributed by atoms with Crippen LogP contribution in [0, 0.1) is 0 Å². The first-order valence-corrected chi connectivity index (χ1v) is 8.12. The minimum atomic E-state index is -0.361. The molecule has 6 nitrogen and oxygen atoms in total. The van der Waals surface area contributed by atoms with Crippen molar-refractivity contribution in [2.24, 2.45) is 0 Å². The Hall–Kier alpha value is -2.44. The molecular weight excluding hydrogens is 306 g/mol. The lowest BCUT2D eigenvalue weighted by Gasteiger charge is -2.22. The van der Waals surface area contributed by atoms with E-state index in [1.807, 2.05) is 30.3 Å². The molecule has 0 spiro atoms. The van der Waals surface area contributed by atoms with Crippen LogP contribution >= 0.6 is 0 Å².